The number of barbiturate groups is 2. The first-order chi connectivity index (χ1) is 12.9. The molecule has 1 N–H and O–H groups in total. The van der Waals surface area contributed by atoms with Crippen LogP contribution in [-0.2, 0) is 19.2 Å². The van der Waals surface area contributed by atoms with E-state index in [0.29, 0.717) is 12.3 Å². The molecule has 2 rings (SSSR count). The number of rotatable bonds is 4. The van der Waals surface area contributed by atoms with Crippen LogP contribution in [0.5, 0.6) is 0 Å². The summed E-state index contributed by atoms with van der Waals surface area (Å²) < 4.78 is 0. The third-order valence-corrected chi connectivity index (χ3v) is 4.54. The molecule has 0 aliphatic carbocycles. The summed E-state index contributed by atoms with van der Waals surface area (Å²) in [6.45, 7) is 7.60. The number of hydrogen-bond donors (Lipinski definition) is 1. The van der Waals surface area contributed by atoms with Crippen LogP contribution in [0.3, 0.4) is 0 Å². The normalized spacial score (nSPS) is 19.8. The lowest BCUT2D eigenvalue weighted by Gasteiger charge is -2.32. The second-order valence-corrected chi connectivity index (χ2v) is 7.31. The fraction of sp³-hybridized carbons (Fsp3) is 0.667. The molecule has 8 amide bonds. The number of hydrogen-bond acceptors (Lipinski definition) is 6. The highest BCUT2D eigenvalue weighted by Crippen LogP contribution is 2.17. The first-order valence-electron chi connectivity index (χ1n) is 9.17. The summed E-state index contributed by atoms with van der Waals surface area (Å²) in [5, 5.41) is 2.14. The Labute approximate surface area is 164 Å². The summed E-state index contributed by atoms with van der Waals surface area (Å²) in [5.41, 5.74) is 0. The van der Waals surface area contributed by atoms with Gasteiger partial charge in [-0.2, -0.15) is 0 Å². The molecule has 1 atom stereocenters. The second kappa shape index (κ2) is 9.43. The molecule has 0 saturated carbocycles. The van der Waals surface area contributed by atoms with Gasteiger partial charge in [0.2, 0.25) is 23.6 Å². The van der Waals surface area contributed by atoms with Gasteiger partial charge in [-0.25, -0.2) is 9.59 Å². The average molecular weight is 396 g/mol. The average Bonchev–Trinajstić information content (AvgIpc) is 2.58. The van der Waals surface area contributed by atoms with Crippen molar-refractivity contribution in [2.75, 3.05) is 14.1 Å². The van der Waals surface area contributed by atoms with Crippen molar-refractivity contribution in [2.45, 2.75) is 53.0 Å². The van der Waals surface area contributed by atoms with Crippen molar-refractivity contribution in [1.29, 1.82) is 0 Å². The lowest BCUT2D eigenvalue weighted by atomic mass is 10.0. The van der Waals surface area contributed by atoms with Crippen molar-refractivity contribution in [1.82, 2.24) is 20.0 Å². The van der Waals surface area contributed by atoms with Gasteiger partial charge >= 0.3 is 12.1 Å². The van der Waals surface area contributed by atoms with E-state index >= 15 is 0 Å². The number of nitrogens with one attached hydrogen (secondary N) is 1. The molecule has 0 spiro atoms. The van der Waals surface area contributed by atoms with Crippen LogP contribution in [0.15, 0.2) is 0 Å². The van der Waals surface area contributed by atoms with Gasteiger partial charge in [0.15, 0.2) is 0 Å². The highest BCUT2D eigenvalue weighted by atomic mass is 16.2. The van der Waals surface area contributed by atoms with Gasteiger partial charge in [0.25, 0.3) is 0 Å². The van der Waals surface area contributed by atoms with Gasteiger partial charge in [-0.3, -0.25) is 39.2 Å². The molecule has 0 aromatic heterocycles. The van der Waals surface area contributed by atoms with Crippen LogP contribution >= 0.6 is 0 Å². The quantitative estimate of drug-likeness (QED) is 0.706. The molecule has 2 aliphatic heterocycles. The first-order valence-corrected chi connectivity index (χ1v) is 9.17. The highest BCUT2D eigenvalue weighted by Gasteiger charge is 2.41. The minimum atomic E-state index is -0.687. The van der Waals surface area contributed by atoms with Crippen molar-refractivity contribution in [3.63, 3.8) is 0 Å². The summed E-state index contributed by atoms with van der Waals surface area (Å²) in [6.07, 6.45) is 0.946. The van der Waals surface area contributed by atoms with E-state index < -0.39 is 41.6 Å². The maximum Gasteiger partial charge on any atom is 0.332 e. The molecule has 0 aromatic carbocycles. The van der Waals surface area contributed by atoms with Crippen molar-refractivity contribution in [3.8, 4) is 0 Å². The molecule has 10 heteroatoms. The van der Waals surface area contributed by atoms with E-state index in [9.17, 15) is 28.8 Å². The van der Waals surface area contributed by atoms with Crippen molar-refractivity contribution < 1.29 is 28.8 Å². The minimum Gasteiger partial charge on any atom is -0.277 e. The fourth-order valence-corrected chi connectivity index (χ4v) is 3.13. The van der Waals surface area contributed by atoms with Gasteiger partial charge in [0, 0.05) is 20.1 Å². The minimum absolute atomic E-state index is 0.161. The molecule has 2 saturated heterocycles. The standard InChI is InChI=1S/C10H16N2O3.C8H12N2O3/c1-6(2)4-7(3)12-9(14)5-8(13)11-10(12)15;1-4-5-6(11)9(2)8(13)10(3)7(5)12/h6-7H,4-5H2,1-3H3,(H,11,13,15);5H,4H2,1-3H3. The summed E-state index contributed by atoms with van der Waals surface area (Å²) in [5.74, 6) is -2.02. The van der Waals surface area contributed by atoms with E-state index in [1.165, 1.54) is 14.1 Å². The Kier molecular flexibility index (Phi) is 7.83. The van der Waals surface area contributed by atoms with Crippen LogP contribution in [0.2, 0.25) is 0 Å². The van der Waals surface area contributed by atoms with E-state index in [0.717, 1.165) is 21.1 Å². The Bertz CT molecular complexity index is 646. The van der Waals surface area contributed by atoms with Gasteiger partial charge in [0.05, 0.1) is 0 Å². The number of imide groups is 4. The van der Waals surface area contributed by atoms with Gasteiger partial charge in [-0.1, -0.05) is 20.8 Å². The predicted molar refractivity (Wildman–Crippen MR) is 98.6 cm³/mol. The second-order valence-electron chi connectivity index (χ2n) is 7.31. The number of carbonyl (C=O) groups is 6. The smallest absolute Gasteiger partial charge is 0.277 e. The van der Waals surface area contributed by atoms with Crippen LogP contribution in [0.4, 0.5) is 9.59 Å². The molecule has 156 valence electrons. The summed E-state index contributed by atoms with van der Waals surface area (Å²) in [4.78, 5) is 70.9. The maximum absolute atomic E-state index is 11.5. The molecule has 0 radical (unpaired) electrons. The zero-order chi connectivity index (χ0) is 21.8. The topological polar surface area (TPSA) is 124 Å². The third-order valence-electron chi connectivity index (χ3n) is 4.54. The third kappa shape index (κ3) is 5.14. The lowest BCUT2D eigenvalue weighted by molar-refractivity contribution is -0.147. The lowest BCUT2D eigenvalue weighted by Crippen LogP contribution is -2.56. The zero-order valence-electron chi connectivity index (χ0n) is 17.1. The zero-order valence-corrected chi connectivity index (χ0v) is 17.1. The summed E-state index contributed by atoms with van der Waals surface area (Å²) >= 11 is 0. The summed E-state index contributed by atoms with van der Waals surface area (Å²) in [7, 11) is 2.77. The Hall–Kier alpha value is -2.78. The molecule has 2 heterocycles. The molecule has 10 nitrogen and oxygen atoms in total. The molecule has 2 fully saturated rings. The molecule has 1 unspecified atom stereocenters. The molecular weight excluding hydrogens is 368 g/mol. The van der Waals surface area contributed by atoms with Crippen molar-refractivity contribution >= 4 is 35.7 Å². The first kappa shape index (κ1) is 23.3. The Morgan fingerprint density at radius 1 is 0.964 bits per heavy atom. The van der Waals surface area contributed by atoms with Crippen LogP contribution in [0.25, 0.3) is 0 Å². The number of nitrogens with zero attached hydrogens (tertiary/aromatic N) is 3. The van der Waals surface area contributed by atoms with Gasteiger partial charge in [-0.15, -0.1) is 0 Å². The van der Waals surface area contributed by atoms with Crippen LogP contribution in [0.1, 0.15) is 47.0 Å². The largest absolute Gasteiger partial charge is 0.332 e. The van der Waals surface area contributed by atoms with E-state index in [4.69, 9.17) is 0 Å². The van der Waals surface area contributed by atoms with Gasteiger partial charge in [-0.05, 0) is 25.7 Å². The predicted octanol–water partition coefficient (Wildman–Crippen LogP) is 0.953. The Morgan fingerprint density at radius 2 is 1.46 bits per heavy atom. The molecule has 28 heavy (non-hydrogen) atoms. The fourth-order valence-electron chi connectivity index (χ4n) is 3.13. The Balaban J connectivity index is 0.000000283. The monoisotopic (exact) mass is 396 g/mol. The van der Waals surface area contributed by atoms with Crippen LogP contribution in [0, 0.1) is 11.8 Å². The van der Waals surface area contributed by atoms with Crippen LogP contribution in [-0.4, -0.2) is 70.5 Å². The maximum atomic E-state index is 11.5. The van der Waals surface area contributed by atoms with Crippen LogP contribution < -0.4 is 5.32 Å². The highest BCUT2D eigenvalue weighted by molar-refractivity contribution is 6.15. The SMILES string of the molecule is CC(C)CC(C)N1C(=O)CC(=O)NC1=O.CCC1C(=O)N(C)C(=O)N(C)C1=O. The van der Waals surface area contributed by atoms with E-state index in [1.54, 1.807) is 6.92 Å². The molecular formula is C18H28N4O6. The van der Waals surface area contributed by atoms with E-state index in [-0.39, 0.29) is 12.5 Å². The Morgan fingerprint density at radius 3 is 1.86 bits per heavy atom. The van der Waals surface area contributed by atoms with Crippen molar-refractivity contribution in [2.24, 2.45) is 11.8 Å². The number of amides is 8. The molecule has 0 aromatic rings. The van der Waals surface area contributed by atoms with E-state index in [2.05, 4.69) is 5.32 Å². The number of carbonyl (C=O) groups excluding carboxylic acids is 6. The van der Waals surface area contributed by atoms with Crippen molar-refractivity contribution in [3.05, 3.63) is 0 Å². The van der Waals surface area contributed by atoms with Gasteiger partial charge in [0.1, 0.15) is 12.3 Å². The number of urea groups is 2. The van der Waals surface area contributed by atoms with Gasteiger partial charge < -0.3 is 0 Å². The molecule has 2 aliphatic rings. The van der Waals surface area contributed by atoms with E-state index in [1.807, 2.05) is 20.8 Å². The summed E-state index contributed by atoms with van der Waals surface area (Å²) in [6, 6.07) is -1.31. The molecule has 0 bridgehead atoms.